The van der Waals surface area contributed by atoms with E-state index < -0.39 is 0 Å². The second kappa shape index (κ2) is 5.70. The number of H-pyrrole nitrogens is 1. The SMILES string of the molecule is c1cnc2c(Nc3nc(OC4CCC4)c4[nH]cnc4n3)cccc2c1. The van der Waals surface area contributed by atoms with Crippen molar-refractivity contribution in [3.05, 3.63) is 42.9 Å². The zero-order valence-corrected chi connectivity index (χ0v) is 13.4. The summed E-state index contributed by atoms with van der Waals surface area (Å²) < 4.78 is 6.01. The zero-order valence-electron chi connectivity index (χ0n) is 13.4. The molecular formula is C18H16N6O. The molecule has 1 aromatic carbocycles. The molecular weight excluding hydrogens is 316 g/mol. The van der Waals surface area contributed by atoms with Gasteiger partial charge in [0.2, 0.25) is 11.8 Å². The molecule has 0 bridgehead atoms. The first-order chi connectivity index (χ1) is 12.4. The molecule has 25 heavy (non-hydrogen) atoms. The predicted molar refractivity (Wildman–Crippen MR) is 95.0 cm³/mol. The Morgan fingerprint density at radius 1 is 1.08 bits per heavy atom. The molecule has 3 aromatic heterocycles. The van der Waals surface area contributed by atoms with Crippen molar-refractivity contribution < 1.29 is 4.74 Å². The smallest absolute Gasteiger partial charge is 0.245 e. The Morgan fingerprint density at radius 3 is 2.88 bits per heavy atom. The van der Waals surface area contributed by atoms with Crippen molar-refractivity contribution in [3.63, 3.8) is 0 Å². The molecule has 124 valence electrons. The number of fused-ring (bicyclic) bond motifs is 2. The molecule has 0 aliphatic heterocycles. The minimum Gasteiger partial charge on any atom is -0.473 e. The molecule has 7 heteroatoms. The molecule has 2 N–H and O–H groups in total. The van der Waals surface area contributed by atoms with Crippen LogP contribution in [0.2, 0.25) is 0 Å². The van der Waals surface area contributed by atoms with Gasteiger partial charge >= 0.3 is 0 Å². The van der Waals surface area contributed by atoms with Gasteiger partial charge in [0.1, 0.15) is 11.6 Å². The van der Waals surface area contributed by atoms with E-state index in [1.54, 1.807) is 12.5 Å². The number of rotatable bonds is 4. The van der Waals surface area contributed by atoms with Crippen molar-refractivity contribution in [2.24, 2.45) is 0 Å². The number of ether oxygens (including phenoxy) is 1. The van der Waals surface area contributed by atoms with Gasteiger partial charge in [-0.1, -0.05) is 18.2 Å². The number of pyridine rings is 1. The van der Waals surface area contributed by atoms with E-state index in [4.69, 9.17) is 4.74 Å². The van der Waals surface area contributed by atoms with Crippen LogP contribution in [0.15, 0.2) is 42.9 Å². The Balaban J connectivity index is 1.55. The maximum absolute atomic E-state index is 6.01. The molecule has 0 atom stereocenters. The van der Waals surface area contributed by atoms with Crippen molar-refractivity contribution in [2.75, 3.05) is 5.32 Å². The average Bonchev–Trinajstić information content (AvgIpc) is 3.07. The van der Waals surface area contributed by atoms with Gasteiger partial charge in [0, 0.05) is 11.6 Å². The molecule has 1 saturated carbocycles. The fourth-order valence-electron chi connectivity index (χ4n) is 2.92. The maximum Gasteiger partial charge on any atom is 0.245 e. The van der Waals surface area contributed by atoms with Crippen LogP contribution < -0.4 is 10.1 Å². The molecule has 0 spiro atoms. The standard InChI is InChI=1S/C18H16N6O/c1-4-11-5-3-9-19-14(11)13(8-1)22-18-23-16-15(20-10-21-16)17(24-18)25-12-6-2-7-12/h1,3-5,8-10,12H,2,6-7H2,(H2,20,21,22,23,24). The lowest BCUT2D eigenvalue weighted by molar-refractivity contribution is 0.116. The number of hydrogen-bond donors (Lipinski definition) is 2. The summed E-state index contributed by atoms with van der Waals surface area (Å²) >= 11 is 0. The van der Waals surface area contributed by atoms with Crippen LogP contribution in [0.3, 0.4) is 0 Å². The largest absolute Gasteiger partial charge is 0.473 e. The summed E-state index contributed by atoms with van der Waals surface area (Å²) in [7, 11) is 0. The predicted octanol–water partition coefficient (Wildman–Crippen LogP) is 3.58. The third kappa shape index (κ3) is 2.53. The lowest BCUT2D eigenvalue weighted by Crippen LogP contribution is -2.25. The van der Waals surface area contributed by atoms with Crippen molar-refractivity contribution in [1.29, 1.82) is 0 Å². The number of anilines is 2. The van der Waals surface area contributed by atoms with Crippen LogP contribution in [0.5, 0.6) is 5.88 Å². The number of benzene rings is 1. The molecule has 0 saturated heterocycles. The Morgan fingerprint density at radius 2 is 2.00 bits per heavy atom. The van der Waals surface area contributed by atoms with Crippen LogP contribution in [0.25, 0.3) is 22.1 Å². The van der Waals surface area contributed by atoms with Crippen LogP contribution in [-0.4, -0.2) is 31.0 Å². The Bertz CT molecular complexity index is 1050. The second-order valence-corrected chi connectivity index (χ2v) is 6.13. The van der Waals surface area contributed by atoms with Gasteiger partial charge in [0.25, 0.3) is 0 Å². The van der Waals surface area contributed by atoms with Gasteiger partial charge in [0.15, 0.2) is 5.65 Å². The van der Waals surface area contributed by atoms with E-state index in [1.807, 2.05) is 30.3 Å². The molecule has 3 heterocycles. The van der Waals surface area contributed by atoms with Crippen LogP contribution in [0.4, 0.5) is 11.6 Å². The number of imidazole rings is 1. The molecule has 0 unspecified atom stereocenters. The molecule has 1 aliphatic carbocycles. The Kier molecular flexibility index (Phi) is 3.22. The summed E-state index contributed by atoms with van der Waals surface area (Å²) in [6.45, 7) is 0. The highest BCUT2D eigenvalue weighted by Crippen LogP contribution is 2.30. The van der Waals surface area contributed by atoms with Crippen LogP contribution in [-0.2, 0) is 0 Å². The van der Waals surface area contributed by atoms with E-state index in [0.29, 0.717) is 17.5 Å². The second-order valence-electron chi connectivity index (χ2n) is 6.13. The number of nitrogens with one attached hydrogen (secondary N) is 2. The van der Waals surface area contributed by atoms with E-state index in [0.717, 1.165) is 34.9 Å². The van der Waals surface area contributed by atoms with E-state index in [1.165, 1.54) is 6.42 Å². The fourth-order valence-corrected chi connectivity index (χ4v) is 2.92. The van der Waals surface area contributed by atoms with Crippen LogP contribution >= 0.6 is 0 Å². The number of aromatic amines is 1. The molecule has 1 aliphatic rings. The number of nitrogens with zero attached hydrogens (tertiary/aromatic N) is 4. The highest BCUT2D eigenvalue weighted by molar-refractivity contribution is 5.91. The number of para-hydroxylation sites is 1. The van der Waals surface area contributed by atoms with Gasteiger partial charge in [-0.3, -0.25) is 4.98 Å². The Hall–Kier alpha value is -3.22. The maximum atomic E-state index is 6.01. The van der Waals surface area contributed by atoms with Gasteiger partial charge < -0.3 is 15.0 Å². The first-order valence-electron chi connectivity index (χ1n) is 8.35. The quantitative estimate of drug-likeness (QED) is 0.594. The van der Waals surface area contributed by atoms with E-state index in [2.05, 4.69) is 30.2 Å². The Labute approximate surface area is 143 Å². The highest BCUT2D eigenvalue weighted by atomic mass is 16.5. The highest BCUT2D eigenvalue weighted by Gasteiger charge is 2.22. The van der Waals surface area contributed by atoms with Gasteiger partial charge in [0.05, 0.1) is 17.5 Å². The van der Waals surface area contributed by atoms with Crippen molar-refractivity contribution in [3.8, 4) is 5.88 Å². The first kappa shape index (κ1) is 14.2. The monoisotopic (exact) mass is 332 g/mol. The lowest BCUT2D eigenvalue weighted by atomic mass is 9.96. The third-order valence-corrected chi connectivity index (χ3v) is 4.46. The summed E-state index contributed by atoms with van der Waals surface area (Å²) in [5.74, 6) is 0.995. The molecule has 0 radical (unpaired) electrons. The molecule has 1 fully saturated rings. The topological polar surface area (TPSA) is 88.6 Å². The minimum absolute atomic E-state index is 0.230. The van der Waals surface area contributed by atoms with E-state index in [9.17, 15) is 0 Å². The number of aromatic nitrogens is 5. The molecule has 7 nitrogen and oxygen atoms in total. The average molecular weight is 332 g/mol. The summed E-state index contributed by atoms with van der Waals surface area (Å²) in [6.07, 6.45) is 6.94. The van der Waals surface area contributed by atoms with E-state index >= 15 is 0 Å². The summed E-state index contributed by atoms with van der Waals surface area (Å²) in [6, 6.07) is 9.90. The zero-order chi connectivity index (χ0) is 16.6. The van der Waals surface area contributed by atoms with Crippen LogP contribution in [0.1, 0.15) is 19.3 Å². The van der Waals surface area contributed by atoms with Crippen molar-refractivity contribution in [1.82, 2.24) is 24.9 Å². The van der Waals surface area contributed by atoms with Crippen molar-refractivity contribution >= 4 is 33.7 Å². The number of hydrogen-bond acceptors (Lipinski definition) is 6. The van der Waals surface area contributed by atoms with Gasteiger partial charge in [-0.25, -0.2) is 4.98 Å². The lowest BCUT2D eigenvalue weighted by Gasteiger charge is -2.25. The van der Waals surface area contributed by atoms with E-state index in [-0.39, 0.29) is 6.10 Å². The third-order valence-electron chi connectivity index (χ3n) is 4.46. The minimum atomic E-state index is 0.230. The molecule has 5 rings (SSSR count). The van der Waals surface area contributed by atoms with Crippen molar-refractivity contribution in [2.45, 2.75) is 25.4 Å². The van der Waals surface area contributed by atoms with Gasteiger partial charge in [-0.05, 0) is 31.4 Å². The summed E-state index contributed by atoms with van der Waals surface area (Å²) in [5.41, 5.74) is 3.04. The summed E-state index contributed by atoms with van der Waals surface area (Å²) in [5, 5.41) is 4.31. The first-order valence-corrected chi connectivity index (χ1v) is 8.35. The van der Waals surface area contributed by atoms with Gasteiger partial charge in [-0.2, -0.15) is 9.97 Å². The van der Waals surface area contributed by atoms with Gasteiger partial charge in [-0.15, -0.1) is 0 Å². The summed E-state index contributed by atoms with van der Waals surface area (Å²) in [4.78, 5) is 20.8. The van der Waals surface area contributed by atoms with Crippen LogP contribution in [0, 0.1) is 0 Å². The molecule has 4 aromatic rings. The fraction of sp³-hybridized carbons (Fsp3) is 0.222. The normalized spacial score (nSPS) is 14.6. The molecule has 0 amide bonds.